The predicted octanol–water partition coefficient (Wildman–Crippen LogP) is 4.82. The van der Waals surface area contributed by atoms with Crippen LogP contribution >= 0.6 is 23.4 Å². The molecule has 0 spiro atoms. The van der Waals surface area contributed by atoms with Crippen molar-refractivity contribution in [3.8, 4) is 0 Å². The first-order chi connectivity index (χ1) is 12.5. The van der Waals surface area contributed by atoms with E-state index in [1.165, 1.54) is 11.8 Å². The largest absolute Gasteiger partial charge is 0.416 e. The van der Waals surface area contributed by atoms with Gasteiger partial charge in [-0.1, -0.05) is 35.5 Å². The maximum absolute atomic E-state index is 12.9. The summed E-state index contributed by atoms with van der Waals surface area (Å²) in [6.07, 6.45) is -4.58. The average molecular weight is 415 g/mol. The number of hydrogen-bond donors (Lipinski definition) is 1. The summed E-state index contributed by atoms with van der Waals surface area (Å²) >= 11 is 6.98. The molecule has 0 saturated carbocycles. The third-order valence-corrected chi connectivity index (χ3v) is 5.89. The van der Waals surface area contributed by atoms with Crippen LogP contribution in [0.2, 0.25) is 5.02 Å². The molecule has 0 aliphatic carbocycles. The second-order valence-electron chi connectivity index (χ2n) is 6.11. The predicted molar refractivity (Wildman–Crippen MR) is 99.2 cm³/mol. The van der Waals surface area contributed by atoms with Gasteiger partial charge in [0, 0.05) is 11.9 Å². The van der Waals surface area contributed by atoms with E-state index in [0.29, 0.717) is 10.6 Å². The van der Waals surface area contributed by atoms with Gasteiger partial charge in [-0.15, -0.1) is 0 Å². The summed E-state index contributed by atoms with van der Waals surface area (Å²) in [7, 11) is 1.55. The molecule has 9 heteroatoms. The number of thioether (sulfide) groups is 1. The summed E-state index contributed by atoms with van der Waals surface area (Å²) in [6.45, 7) is 1.43. The molecule has 1 heterocycles. The molecule has 0 radical (unpaired) electrons. The van der Waals surface area contributed by atoms with Gasteiger partial charge in [0.1, 0.15) is 0 Å². The first-order valence-corrected chi connectivity index (χ1v) is 8.98. The first kappa shape index (κ1) is 19.6. The number of alkyl halides is 3. The van der Waals surface area contributed by atoms with E-state index < -0.39 is 28.3 Å². The summed E-state index contributed by atoms with van der Waals surface area (Å²) in [5, 5.41) is 2.32. The Balaban J connectivity index is 1.94. The highest BCUT2D eigenvalue weighted by Gasteiger charge is 2.48. The zero-order chi connectivity index (χ0) is 20.0. The number of anilines is 2. The lowest BCUT2D eigenvalue weighted by molar-refractivity contribution is -0.137. The maximum Gasteiger partial charge on any atom is 0.416 e. The number of amides is 2. The lowest BCUT2D eigenvalue weighted by Crippen LogP contribution is -2.53. The summed E-state index contributed by atoms with van der Waals surface area (Å²) in [4.78, 5) is 27.7. The molecule has 4 nitrogen and oxygen atoms in total. The Hall–Kier alpha value is -2.19. The molecule has 2 amide bonds. The Morgan fingerprint density at radius 3 is 2.56 bits per heavy atom. The molecule has 0 aromatic heterocycles. The molecule has 27 heavy (non-hydrogen) atoms. The van der Waals surface area contributed by atoms with Crippen molar-refractivity contribution in [2.24, 2.45) is 0 Å². The fraction of sp³-hybridized carbons (Fsp3) is 0.222. The van der Waals surface area contributed by atoms with Crippen LogP contribution in [0.4, 0.5) is 24.5 Å². The van der Waals surface area contributed by atoms with E-state index in [1.807, 2.05) is 0 Å². The standard InChI is InChI=1S/C18H14ClF3N2O2S/c1-17(16(26)24(2)13-5-3-4-6-14(13)27-17)15(25)23-12-9-10(18(20,21)22)7-8-11(12)19/h3-9H,1-2H3,(H,23,25). The molecule has 2 aromatic carbocycles. The van der Waals surface area contributed by atoms with E-state index in [9.17, 15) is 22.8 Å². The lowest BCUT2D eigenvalue weighted by atomic mass is 10.1. The number of hydrogen-bond acceptors (Lipinski definition) is 3. The Kier molecular flexibility index (Phi) is 4.90. The Morgan fingerprint density at radius 1 is 1.22 bits per heavy atom. The van der Waals surface area contributed by atoms with E-state index >= 15 is 0 Å². The van der Waals surface area contributed by atoms with Gasteiger partial charge in [-0.25, -0.2) is 0 Å². The van der Waals surface area contributed by atoms with Crippen molar-refractivity contribution in [2.75, 3.05) is 17.3 Å². The number of rotatable bonds is 2. The van der Waals surface area contributed by atoms with Crippen LogP contribution in [-0.2, 0) is 15.8 Å². The fourth-order valence-electron chi connectivity index (χ4n) is 2.70. The van der Waals surface area contributed by atoms with Crippen LogP contribution in [0.3, 0.4) is 0 Å². The Morgan fingerprint density at radius 2 is 1.89 bits per heavy atom. The highest BCUT2D eigenvalue weighted by molar-refractivity contribution is 8.02. The number of nitrogens with one attached hydrogen (secondary N) is 1. The smallest absolute Gasteiger partial charge is 0.323 e. The molecule has 3 rings (SSSR count). The van der Waals surface area contributed by atoms with Gasteiger partial charge in [-0.05, 0) is 37.3 Å². The molecular weight excluding hydrogens is 401 g/mol. The molecule has 0 fully saturated rings. The number of nitrogens with zero attached hydrogens (tertiary/aromatic N) is 1. The second kappa shape index (κ2) is 6.76. The van der Waals surface area contributed by atoms with E-state index in [4.69, 9.17) is 11.6 Å². The zero-order valence-electron chi connectivity index (χ0n) is 14.2. The third kappa shape index (κ3) is 3.51. The molecule has 142 valence electrons. The van der Waals surface area contributed by atoms with E-state index in [0.717, 1.165) is 30.0 Å². The van der Waals surface area contributed by atoms with Crippen LogP contribution in [0.5, 0.6) is 0 Å². The third-order valence-electron chi connectivity index (χ3n) is 4.23. The number of para-hydroxylation sites is 1. The van der Waals surface area contributed by atoms with Crippen molar-refractivity contribution in [3.05, 3.63) is 53.1 Å². The zero-order valence-corrected chi connectivity index (χ0v) is 15.8. The number of carbonyl (C=O) groups excluding carboxylic acids is 2. The number of fused-ring (bicyclic) bond motifs is 1. The van der Waals surface area contributed by atoms with Gasteiger partial charge in [0.2, 0.25) is 5.91 Å². The topological polar surface area (TPSA) is 49.4 Å². The molecular formula is C18H14ClF3N2O2S. The van der Waals surface area contributed by atoms with Gasteiger partial charge in [0.15, 0.2) is 4.75 Å². The first-order valence-electron chi connectivity index (χ1n) is 7.78. The molecule has 0 bridgehead atoms. The summed E-state index contributed by atoms with van der Waals surface area (Å²) in [6, 6.07) is 9.70. The van der Waals surface area contributed by atoms with Crippen molar-refractivity contribution in [1.82, 2.24) is 0 Å². The summed E-state index contributed by atoms with van der Waals surface area (Å²) in [5.74, 6) is -1.23. The number of halogens is 4. The van der Waals surface area contributed by atoms with Crippen molar-refractivity contribution in [2.45, 2.75) is 22.7 Å². The fourth-order valence-corrected chi connectivity index (χ4v) is 4.12. The molecule has 2 aromatic rings. The SMILES string of the molecule is CN1C(=O)C(C)(C(=O)Nc2cc(C(F)(F)F)ccc2Cl)Sc2ccccc21. The van der Waals surface area contributed by atoms with Crippen molar-refractivity contribution in [3.63, 3.8) is 0 Å². The van der Waals surface area contributed by atoms with Gasteiger partial charge in [-0.2, -0.15) is 13.2 Å². The molecule has 1 aliphatic heterocycles. The molecule has 1 N–H and O–H groups in total. The quantitative estimate of drug-likeness (QED) is 0.716. The van der Waals surface area contributed by atoms with Gasteiger partial charge >= 0.3 is 6.18 Å². The average Bonchev–Trinajstić information content (AvgIpc) is 2.60. The second-order valence-corrected chi connectivity index (χ2v) is 7.98. The highest BCUT2D eigenvalue weighted by Crippen LogP contribution is 2.45. The molecule has 1 unspecified atom stereocenters. The van der Waals surface area contributed by atoms with Gasteiger partial charge in [-0.3, -0.25) is 9.59 Å². The minimum absolute atomic E-state index is 0.0537. The van der Waals surface area contributed by atoms with Crippen LogP contribution in [0.25, 0.3) is 0 Å². The van der Waals surface area contributed by atoms with Crippen LogP contribution in [0.1, 0.15) is 12.5 Å². The van der Waals surface area contributed by atoms with Crippen molar-refractivity contribution in [1.29, 1.82) is 0 Å². The van der Waals surface area contributed by atoms with E-state index in [-0.39, 0.29) is 10.7 Å². The number of carbonyl (C=O) groups is 2. The molecule has 0 saturated heterocycles. The van der Waals surface area contributed by atoms with Crippen LogP contribution in [-0.4, -0.2) is 23.6 Å². The lowest BCUT2D eigenvalue weighted by Gasteiger charge is -2.37. The van der Waals surface area contributed by atoms with E-state index in [1.54, 1.807) is 31.3 Å². The summed E-state index contributed by atoms with van der Waals surface area (Å²) < 4.78 is 37.2. The van der Waals surface area contributed by atoms with Crippen LogP contribution in [0, 0.1) is 0 Å². The Bertz CT molecular complexity index is 935. The maximum atomic E-state index is 12.9. The number of benzene rings is 2. The monoisotopic (exact) mass is 414 g/mol. The minimum Gasteiger partial charge on any atom is -0.323 e. The summed E-state index contributed by atoms with van der Waals surface area (Å²) in [5.41, 5.74) is -0.486. The Labute approximate surface area is 162 Å². The van der Waals surface area contributed by atoms with Crippen molar-refractivity contribution >= 4 is 46.6 Å². The molecule has 1 atom stereocenters. The highest BCUT2D eigenvalue weighted by atomic mass is 35.5. The van der Waals surface area contributed by atoms with Gasteiger partial charge < -0.3 is 10.2 Å². The minimum atomic E-state index is -4.58. The van der Waals surface area contributed by atoms with Gasteiger partial charge in [0.05, 0.1) is 22.0 Å². The van der Waals surface area contributed by atoms with Gasteiger partial charge in [0.25, 0.3) is 5.91 Å². The van der Waals surface area contributed by atoms with Crippen molar-refractivity contribution < 1.29 is 22.8 Å². The molecule has 1 aliphatic rings. The van der Waals surface area contributed by atoms with Crippen LogP contribution < -0.4 is 10.2 Å². The van der Waals surface area contributed by atoms with E-state index in [2.05, 4.69) is 5.32 Å². The normalized spacial score (nSPS) is 19.6. The van der Waals surface area contributed by atoms with Crippen LogP contribution in [0.15, 0.2) is 47.4 Å².